The normalized spacial score (nSPS) is 10.7. The van der Waals surface area contributed by atoms with Gasteiger partial charge in [-0.25, -0.2) is 24.3 Å². The van der Waals surface area contributed by atoms with Crippen molar-refractivity contribution in [3.63, 3.8) is 0 Å². The maximum absolute atomic E-state index is 11.2. The second kappa shape index (κ2) is 3.88. The van der Waals surface area contributed by atoms with E-state index in [0.29, 0.717) is 16.9 Å². The van der Waals surface area contributed by atoms with Gasteiger partial charge in [-0.3, -0.25) is 0 Å². The number of aromatic carboxylic acids is 1. The van der Waals surface area contributed by atoms with E-state index in [0.717, 1.165) is 0 Å². The zero-order valence-electron chi connectivity index (χ0n) is 9.06. The fraction of sp³-hybridized carbons (Fsp3) is 0. The molecule has 3 aromatic heterocycles. The summed E-state index contributed by atoms with van der Waals surface area (Å²) in [5, 5.41) is 13.3. The number of hydrogen-bond donors (Lipinski definition) is 1. The van der Waals surface area contributed by atoms with Crippen LogP contribution in [0.4, 0.5) is 0 Å². The monoisotopic (exact) mass is 241 g/mol. The third kappa shape index (κ3) is 1.49. The molecule has 0 spiro atoms. The number of hydrogen-bond acceptors (Lipinski definition) is 5. The topological polar surface area (TPSA) is 93.3 Å². The summed E-state index contributed by atoms with van der Waals surface area (Å²) in [6.07, 6.45) is 7.32. The Morgan fingerprint density at radius 3 is 2.72 bits per heavy atom. The third-order valence-electron chi connectivity index (χ3n) is 2.48. The Kier molecular flexibility index (Phi) is 2.23. The molecular formula is C11H7N5O2. The third-order valence-corrected chi connectivity index (χ3v) is 2.48. The summed E-state index contributed by atoms with van der Waals surface area (Å²) in [6, 6.07) is 1.69. The van der Waals surface area contributed by atoms with E-state index in [1.807, 2.05) is 0 Å². The van der Waals surface area contributed by atoms with Gasteiger partial charge < -0.3 is 5.11 Å². The molecular weight excluding hydrogens is 234 g/mol. The predicted octanol–water partition coefficient (Wildman–Crippen LogP) is 0.884. The van der Waals surface area contributed by atoms with E-state index in [1.165, 1.54) is 29.4 Å². The molecule has 0 bridgehead atoms. The predicted molar refractivity (Wildman–Crippen MR) is 61.0 cm³/mol. The fourth-order valence-corrected chi connectivity index (χ4v) is 1.73. The molecule has 1 N–H and O–H groups in total. The lowest BCUT2D eigenvalue weighted by atomic mass is 10.1. The van der Waals surface area contributed by atoms with Crippen LogP contribution in [0.5, 0.6) is 0 Å². The molecule has 0 unspecified atom stereocenters. The first-order valence-corrected chi connectivity index (χ1v) is 5.09. The van der Waals surface area contributed by atoms with Gasteiger partial charge in [-0.15, -0.1) is 0 Å². The molecule has 0 radical (unpaired) electrons. The Morgan fingerprint density at radius 2 is 2.00 bits per heavy atom. The van der Waals surface area contributed by atoms with Crippen LogP contribution in [0.25, 0.3) is 16.9 Å². The summed E-state index contributed by atoms with van der Waals surface area (Å²) < 4.78 is 1.46. The Bertz CT molecular complexity index is 723. The zero-order chi connectivity index (χ0) is 12.5. The molecule has 0 saturated carbocycles. The molecule has 3 heterocycles. The van der Waals surface area contributed by atoms with Crippen molar-refractivity contribution in [3.05, 3.63) is 42.7 Å². The van der Waals surface area contributed by atoms with Crippen molar-refractivity contribution < 1.29 is 9.90 Å². The summed E-state index contributed by atoms with van der Waals surface area (Å²) in [6.45, 7) is 0. The van der Waals surface area contributed by atoms with E-state index in [4.69, 9.17) is 0 Å². The quantitative estimate of drug-likeness (QED) is 0.716. The van der Waals surface area contributed by atoms with Crippen molar-refractivity contribution in [1.82, 2.24) is 24.6 Å². The SMILES string of the molecule is O=C(O)c1cnc2ccnn2c1-c1cncnc1. The average Bonchev–Trinajstić information content (AvgIpc) is 2.86. The lowest BCUT2D eigenvalue weighted by Gasteiger charge is -2.07. The van der Waals surface area contributed by atoms with Crippen molar-refractivity contribution in [2.75, 3.05) is 0 Å². The molecule has 18 heavy (non-hydrogen) atoms. The minimum absolute atomic E-state index is 0.0565. The summed E-state index contributed by atoms with van der Waals surface area (Å²) in [5.74, 6) is -1.07. The average molecular weight is 241 g/mol. The van der Waals surface area contributed by atoms with Gasteiger partial charge in [0.2, 0.25) is 0 Å². The molecule has 0 amide bonds. The van der Waals surface area contributed by atoms with E-state index < -0.39 is 5.97 Å². The highest BCUT2D eigenvalue weighted by Crippen LogP contribution is 2.22. The Balaban J connectivity index is 2.40. The first-order valence-electron chi connectivity index (χ1n) is 5.09. The van der Waals surface area contributed by atoms with Gasteiger partial charge in [0.25, 0.3) is 0 Å². The molecule has 88 valence electrons. The summed E-state index contributed by atoms with van der Waals surface area (Å²) >= 11 is 0. The van der Waals surface area contributed by atoms with E-state index in [-0.39, 0.29) is 5.56 Å². The van der Waals surface area contributed by atoms with Gasteiger partial charge in [0.05, 0.1) is 11.9 Å². The maximum atomic E-state index is 11.2. The highest BCUT2D eigenvalue weighted by atomic mass is 16.4. The summed E-state index contributed by atoms with van der Waals surface area (Å²) in [5.41, 5.74) is 1.61. The number of carboxylic acids is 1. The van der Waals surface area contributed by atoms with Gasteiger partial charge in [-0.2, -0.15) is 5.10 Å². The minimum Gasteiger partial charge on any atom is -0.478 e. The van der Waals surface area contributed by atoms with Crippen molar-refractivity contribution in [2.24, 2.45) is 0 Å². The van der Waals surface area contributed by atoms with Gasteiger partial charge in [-0.1, -0.05) is 0 Å². The lowest BCUT2D eigenvalue weighted by Crippen LogP contribution is -2.07. The number of fused-ring (bicyclic) bond motifs is 1. The molecule has 0 atom stereocenters. The molecule has 0 aliphatic carbocycles. The van der Waals surface area contributed by atoms with Gasteiger partial charge >= 0.3 is 5.97 Å². The van der Waals surface area contributed by atoms with Crippen LogP contribution in [0, 0.1) is 0 Å². The largest absolute Gasteiger partial charge is 0.478 e. The smallest absolute Gasteiger partial charge is 0.339 e. The maximum Gasteiger partial charge on any atom is 0.339 e. The molecule has 3 aromatic rings. The van der Waals surface area contributed by atoms with Crippen LogP contribution in [-0.2, 0) is 0 Å². The molecule has 0 fully saturated rings. The van der Waals surface area contributed by atoms with Crippen LogP contribution in [0.15, 0.2) is 37.2 Å². The number of carboxylic acid groups (broad SMARTS) is 1. The fourth-order valence-electron chi connectivity index (χ4n) is 1.73. The molecule has 0 aliphatic rings. The summed E-state index contributed by atoms with van der Waals surface area (Å²) in [4.78, 5) is 23.0. The second-order valence-corrected chi connectivity index (χ2v) is 3.55. The van der Waals surface area contributed by atoms with Crippen molar-refractivity contribution >= 4 is 11.6 Å². The highest BCUT2D eigenvalue weighted by Gasteiger charge is 2.17. The lowest BCUT2D eigenvalue weighted by molar-refractivity contribution is 0.0696. The number of carbonyl (C=O) groups is 1. The minimum atomic E-state index is -1.07. The van der Waals surface area contributed by atoms with Crippen molar-refractivity contribution in [3.8, 4) is 11.3 Å². The van der Waals surface area contributed by atoms with Gasteiger partial charge in [0, 0.05) is 30.2 Å². The van der Waals surface area contributed by atoms with Crippen LogP contribution in [0.3, 0.4) is 0 Å². The van der Waals surface area contributed by atoms with E-state index in [1.54, 1.807) is 12.3 Å². The van der Waals surface area contributed by atoms with E-state index in [2.05, 4.69) is 20.1 Å². The Morgan fingerprint density at radius 1 is 1.22 bits per heavy atom. The molecule has 0 aromatic carbocycles. The summed E-state index contributed by atoms with van der Waals surface area (Å²) in [7, 11) is 0. The first kappa shape index (κ1) is 10.3. The van der Waals surface area contributed by atoms with Crippen LogP contribution in [-0.4, -0.2) is 35.6 Å². The van der Waals surface area contributed by atoms with Gasteiger partial charge in [0.1, 0.15) is 11.9 Å². The molecule has 0 aliphatic heterocycles. The van der Waals surface area contributed by atoms with Crippen LogP contribution in [0.1, 0.15) is 10.4 Å². The Labute approximate surface area is 101 Å². The molecule has 7 nitrogen and oxygen atoms in total. The van der Waals surface area contributed by atoms with Gasteiger partial charge in [0.15, 0.2) is 5.65 Å². The van der Waals surface area contributed by atoms with Crippen molar-refractivity contribution in [1.29, 1.82) is 0 Å². The zero-order valence-corrected chi connectivity index (χ0v) is 9.06. The van der Waals surface area contributed by atoms with E-state index >= 15 is 0 Å². The van der Waals surface area contributed by atoms with E-state index in [9.17, 15) is 9.90 Å². The molecule has 3 rings (SSSR count). The first-order chi connectivity index (χ1) is 8.77. The standard InChI is InChI=1S/C11H7N5O2/c17-11(18)8-5-14-9-1-2-15-16(9)10(8)7-3-12-6-13-4-7/h1-6H,(H,17,18). The number of nitrogens with zero attached hydrogens (tertiary/aromatic N) is 5. The number of aromatic nitrogens is 5. The van der Waals surface area contributed by atoms with Crippen molar-refractivity contribution in [2.45, 2.75) is 0 Å². The highest BCUT2D eigenvalue weighted by molar-refractivity contribution is 5.94. The van der Waals surface area contributed by atoms with Crippen LogP contribution in [0.2, 0.25) is 0 Å². The second-order valence-electron chi connectivity index (χ2n) is 3.55. The van der Waals surface area contributed by atoms with Crippen LogP contribution < -0.4 is 0 Å². The number of rotatable bonds is 2. The Hall–Kier alpha value is -2.83. The van der Waals surface area contributed by atoms with Gasteiger partial charge in [-0.05, 0) is 0 Å². The molecule has 7 heteroatoms. The molecule has 0 saturated heterocycles. The van der Waals surface area contributed by atoms with Crippen LogP contribution >= 0.6 is 0 Å².